The first-order valence-corrected chi connectivity index (χ1v) is 7.53. The maximum Gasteiger partial charge on any atom is 0.226 e. The molecule has 2 heterocycles. The first kappa shape index (κ1) is 12.8. The van der Waals surface area contributed by atoms with Crippen LogP contribution in [-0.2, 0) is 9.84 Å². The molecule has 0 aliphatic carbocycles. The number of aryl methyl sites for hydroxylation is 1. The van der Waals surface area contributed by atoms with E-state index in [-0.39, 0.29) is 11.5 Å². The SMILES string of the molecule is Cc1cc(C#N)nc(N2CCCS(=O)(=O)CC2)n1. The monoisotopic (exact) mass is 266 g/mol. The molecule has 1 aromatic heterocycles. The van der Waals surface area contributed by atoms with E-state index >= 15 is 0 Å². The van der Waals surface area contributed by atoms with Gasteiger partial charge in [-0.1, -0.05) is 0 Å². The highest BCUT2D eigenvalue weighted by atomic mass is 32.2. The average molecular weight is 266 g/mol. The Morgan fingerprint density at radius 3 is 2.83 bits per heavy atom. The lowest BCUT2D eigenvalue weighted by molar-refractivity contribution is 0.597. The summed E-state index contributed by atoms with van der Waals surface area (Å²) in [6.45, 7) is 2.78. The van der Waals surface area contributed by atoms with Crippen molar-refractivity contribution >= 4 is 15.8 Å². The summed E-state index contributed by atoms with van der Waals surface area (Å²) in [7, 11) is -2.95. The number of nitrogens with zero attached hydrogens (tertiary/aromatic N) is 4. The van der Waals surface area contributed by atoms with Crippen LogP contribution >= 0.6 is 0 Å². The van der Waals surface area contributed by atoms with Crippen molar-refractivity contribution in [2.24, 2.45) is 0 Å². The number of hydrogen-bond acceptors (Lipinski definition) is 6. The third-order valence-electron chi connectivity index (χ3n) is 2.80. The predicted octanol–water partition coefficient (Wildman–Crippen LogP) is 0.282. The van der Waals surface area contributed by atoms with Gasteiger partial charge in [0.05, 0.1) is 11.5 Å². The van der Waals surface area contributed by atoms with Crippen molar-refractivity contribution in [3.63, 3.8) is 0 Å². The Bertz CT molecular complexity index is 592. The molecule has 96 valence electrons. The minimum atomic E-state index is -2.95. The molecule has 1 fully saturated rings. The van der Waals surface area contributed by atoms with Crippen molar-refractivity contribution in [3.8, 4) is 6.07 Å². The Labute approximate surface area is 106 Å². The average Bonchev–Trinajstić information content (AvgIpc) is 2.49. The van der Waals surface area contributed by atoms with Crippen LogP contribution in [0.4, 0.5) is 5.95 Å². The van der Waals surface area contributed by atoms with Crippen LogP contribution in [0.25, 0.3) is 0 Å². The molecule has 1 aliphatic rings. The van der Waals surface area contributed by atoms with Crippen molar-refractivity contribution in [2.75, 3.05) is 29.5 Å². The molecule has 0 aromatic carbocycles. The maximum atomic E-state index is 11.5. The van der Waals surface area contributed by atoms with Crippen LogP contribution in [0.2, 0.25) is 0 Å². The quantitative estimate of drug-likeness (QED) is 0.725. The highest BCUT2D eigenvalue weighted by molar-refractivity contribution is 7.91. The Balaban J connectivity index is 2.27. The molecule has 1 saturated heterocycles. The lowest BCUT2D eigenvalue weighted by Crippen LogP contribution is -2.28. The van der Waals surface area contributed by atoms with Crippen LogP contribution in [-0.4, -0.2) is 43.0 Å². The third-order valence-corrected chi connectivity index (χ3v) is 4.51. The van der Waals surface area contributed by atoms with Crippen molar-refractivity contribution in [1.29, 1.82) is 5.26 Å². The molecule has 0 atom stereocenters. The standard InChI is InChI=1S/C11H14N4O2S/c1-9-7-10(8-12)14-11(13-9)15-3-2-5-18(16,17)6-4-15/h7H,2-6H2,1H3. The van der Waals surface area contributed by atoms with E-state index in [1.54, 1.807) is 13.0 Å². The molecule has 0 saturated carbocycles. The van der Waals surface area contributed by atoms with Crippen LogP contribution in [0.1, 0.15) is 17.8 Å². The van der Waals surface area contributed by atoms with Gasteiger partial charge in [0.1, 0.15) is 11.8 Å². The maximum absolute atomic E-state index is 11.5. The fourth-order valence-electron chi connectivity index (χ4n) is 1.89. The van der Waals surface area contributed by atoms with Crippen LogP contribution < -0.4 is 4.90 Å². The summed E-state index contributed by atoms with van der Waals surface area (Å²) in [5, 5.41) is 8.87. The largest absolute Gasteiger partial charge is 0.340 e. The molecule has 18 heavy (non-hydrogen) atoms. The second-order valence-corrected chi connectivity index (χ2v) is 6.60. The number of aromatic nitrogens is 2. The summed E-state index contributed by atoms with van der Waals surface area (Å²) in [6.07, 6.45) is 0.571. The van der Waals surface area contributed by atoms with Gasteiger partial charge in [-0.3, -0.25) is 0 Å². The Morgan fingerprint density at radius 2 is 2.11 bits per heavy atom. The van der Waals surface area contributed by atoms with Gasteiger partial charge in [0, 0.05) is 18.8 Å². The van der Waals surface area contributed by atoms with E-state index in [1.165, 1.54) is 0 Å². The van der Waals surface area contributed by atoms with Crippen LogP contribution in [0, 0.1) is 18.3 Å². The number of nitriles is 1. The zero-order chi connectivity index (χ0) is 13.2. The second-order valence-electron chi connectivity index (χ2n) is 4.30. The summed E-state index contributed by atoms with van der Waals surface area (Å²) in [4.78, 5) is 10.2. The minimum absolute atomic E-state index is 0.117. The van der Waals surface area contributed by atoms with Gasteiger partial charge < -0.3 is 4.90 Å². The van der Waals surface area contributed by atoms with E-state index in [2.05, 4.69) is 9.97 Å². The Morgan fingerprint density at radius 1 is 1.33 bits per heavy atom. The molecule has 0 amide bonds. The minimum Gasteiger partial charge on any atom is -0.340 e. The molecular weight excluding hydrogens is 252 g/mol. The van der Waals surface area contributed by atoms with Crippen LogP contribution in [0.15, 0.2) is 6.07 Å². The molecule has 2 rings (SSSR count). The van der Waals surface area contributed by atoms with Gasteiger partial charge in [-0.2, -0.15) is 5.26 Å². The molecule has 6 nitrogen and oxygen atoms in total. The number of rotatable bonds is 1. The topological polar surface area (TPSA) is 87.0 Å². The molecular formula is C11H14N4O2S. The van der Waals surface area contributed by atoms with Crippen LogP contribution in [0.3, 0.4) is 0 Å². The molecule has 0 radical (unpaired) electrons. The van der Waals surface area contributed by atoms with Crippen molar-refractivity contribution < 1.29 is 8.42 Å². The molecule has 0 unspecified atom stereocenters. The van der Waals surface area contributed by atoms with Gasteiger partial charge >= 0.3 is 0 Å². The van der Waals surface area contributed by atoms with Gasteiger partial charge in [0.25, 0.3) is 0 Å². The van der Waals surface area contributed by atoms with E-state index in [1.807, 2.05) is 11.0 Å². The fraction of sp³-hybridized carbons (Fsp3) is 0.545. The fourth-order valence-corrected chi connectivity index (χ4v) is 3.16. The van der Waals surface area contributed by atoms with E-state index in [9.17, 15) is 8.42 Å². The second kappa shape index (κ2) is 4.90. The highest BCUT2D eigenvalue weighted by Gasteiger charge is 2.21. The summed E-state index contributed by atoms with van der Waals surface area (Å²) in [6, 6.07) is 3.59. The molecule has 1 aromatic rings. The molecule has 7 heteroatoms. The summed E-state index contributed by atoms with van der Waals surface area (Å²) in [5.74, 6) is 0.774. The smallest absolute Gasteiger partial charge is 0.226 e. The number of hydrogen-bond donors (Lipinski definition) is 0. The van der Waals surface area contributed by atoms with Gasteiger partial charge in [-0.05, 0) is 19.4 Å². The zero-order valence-corrected chi connectivity index (χ0v) is 10.9. The summed E-state index contributed by atoms with van der Waals surface area (Å²) >= 11 is 0. The van der Waals surface area contributed by atoms with Gasteiger partial charge in [0.2, 0.25) is 5.95 Å². The molecule has 1 aliphatic heterocycles. The molecule has 0 bridgehead atoms. The normalized spacial score (nSPS) is 19.0. The molecule has 0 N–H and O–H groups in total. The first-order chi connectivity index (χ1) is 8.50. The first-order valence-electron chi connectivity index (χ1n) is 5.71. The highest BCUT2D eigenvalue weighted by Crippen LogP contribution is 2.13. The van der Waals surface area contributed by atoms with Crippen molar-refractivity contribution in [2.45, 2.75) is 13.3 Å². The van der Waals surface area contributed by atoms with Crippen molar-refractivity contribution in [3.05, 3.63) is 17.5 Å². The van der Waals surface area contributed by atoms with Crippen molar-refractivity contribution in [1.82, 2.24) is 9.97 Å². The lowest BCUT2D eigenvalue weighted by atomic mass is 10.3. The summed E-state index contributed by atoms with van der Waals surface area (Å²) in [5.41, 5.74) is 1.02. The van der Waals surface area contributed by atoms with Crippen LogP contribution in [0.5, 0.6) is 0 Å². The predicted molar refractivity (Wildman–Crippen MR) is 67.0 cm³/mol. The third kappa shape index (κ3) is 2.96. The Kier molecular flexibility index (Phi) is 3.48. The lowest BCUT2D eigenvalue weighted by Gasteiger charge is -2.19. The molecule has 0 spiro atoms. The Hall–Kier alpha value is -1.68. The number of sulfone groups is 1. The van der Waals surface area contributed by atoms with Gasteiger partial charge in [-0.25, -0.2) is 18.4 Å². The van der Waals surface area contributed by atoms with E-state index in [0.717, 1.165) is 0 Å². The van der Waals surface area contributed by atoms with E-state index < -0.39 is 9.84 Å². The zero-order valence-electron chi connectivity index (χ0n) is 10.1. The van der Waals surface area contributed by atoms with E-state index in [4.69, 9.17) is 5.26 Å². The number of anilines is 1. The van der Waals surface area contributed by atoms with Gasteiger partial charge in [-0.15, -0.1) is 0 Å². The van der Waals surface area contributed by atoms with Gasteiger partial charge in [0.15, 0.2) is 9.84 Å². The van der Waals surface area contributed by atoms with E-state index in [0.29, 0.717) is 36.8 Å². The summed E-state index contributed by atoms with van der Waals surface area (Å²) < 4.78 is 23.0.